The summed E-state index contributed by atoms with van der Waals surface area (Å²) in [4.78, 5) is 27.6. The Bertz CT molecular complexity index is 802. The summed E-state index contributed by atoms with van der Waals surface area (Å²) in [5.41, 5.74) is 2.61. The highest BCUT2D eigenvalue weighted by Gasteiger charge is 2.24. The van der Waals surface area contributed by atoms with Crippen LogP contribution in [0, 0.1) is 5.92 Å². The highest BCUT2D eigenvalue weighted by atomic mass is 32.2. The van der Waals surface area contributed by atoms with Gasteiger partial charge in [-0.3, -0.25) is 9.59 Å². The maximum atomic E-state index is 12.4. The quantitative estimate of drug-likeness (QED) is 0.864. The number of hydrogen-bond acceptors (Lipinski definition) is 3. The molecule has 0 spiro atoms. The molecule has 3 rings (SSSR count). The molecule has 1 heterocycles. The zero-order valence-corrected chi connectivity index (χ0v) is 16.2. The fourth-order valence-electron chi connectivity index (χ4n) is 2.73. The van der Waals surface area contributed by atoms with E-state index in [-0.39, 0.29) is 17.9 Å². The van der Waals surface area contributed by atoms with E-state index in [0.717, 1.165) is 16.1 Å². The lowest BCUT2D eigenvalue weighted by molar-refractivity contribution is -0.116. The van der Waals surface area contributed by atoms with Gasteiger partial charge in [0.05, 0.1) is 18.0 Å². The largest absolute Gasteiger partial charge is 0.349 e. The first kappa shape index (κ1) is 18.5. The Morgan fingerprint density at radius 1 is 1.12 bits per heavy atom. The van der Waals surface area contributed by atoms with Gasteiger partial charge in [-0.2, -0.15) is 0 Å². The molecule has 0 bridgehead atoms. The van der Waals surface area contributed by atoms with Crippen LogP contribution in [0.25, 0.3) is 0 Å². The molecule has 0 aromatic heterocycles. The molecule has 2 amide bonds. The maximum absolute atomic E-state index is 12.4. The van der Waals surface area contributed by atoms with Crippen LogP contribution in [0.3, 0.4) is 0 Å². The first-order valence-electron chi connectivity index (χ1n) is 8.87. The molecule has 136 valence electrons. The van der Waals surface area contributed by atoms with Crippen LogP contribution in [0.5, 0.6) is 0 Å². The highest BCUT2D eigenvalue weighted by Crippen LogP contribution is 2.35. The molecule has 0 fully saturated rings. The van der Waals surface area contributed by atoms with Gasteiger partial charge in [0.25, 0.3) is 5.91 Å². The van der Waals surface area contributed by atoms with Crippen LogP contribution in [0.4, 0.5) is 5.69 Å². The minimum absolute atomic E-state index is 0.0615. The Hall–Kier alpha value is -2.27. The van der Waals surface area contributed by atoms with E-state index in [4.69, 9.17) is 0 Å². The van der Waals surface area contributed by atoms with Gasteiger partial charge in [-0.25, -0.2) is 0 Å². The summed E-state index contributed by atoms with van der Waals surface area (Å²) >= 11 is 1.58. The summed E-state index contributed by atoms with van der Waals surface area (Å²) < 4.78 is 0. The molecule has 0 saturated carbocycles. The molecule has 0 aliphatic carbocycles. The number of nitrogens with one attached hydrogen (secondary N) is 1. The molecule has 5 heteroatoms. The van der Waals surface area contributed by atoms with Crippen LogP contribution >= 0.6 is 11.8 Å². The topological polar surface area (TPSA) is 49.4 Å². The average molecular weight is 369 g/mol. The summed E-state index contributed by atoms with van der Waals surface area (Å²) in [5, 5.41) is 3.01. The van der Waals surface area contributed by atoms with Crippen molar-refractivity contribution in [1.29, 1.82) is 0 Å². The lowest BCUT2D eigenvalue weighted by Gasteiger charge is -2.29. The number of para-hydroxylation sites is 1. The number of thioether (sulfide) groups is 1. The van der Waals surface area contributed by atoms with Crippen LogP contribution in [0.1, 0.15) is 36.7 Å². The number of nitrogens with zero attached hydrogens (tertiary/aromatic N) is 1. The van der Waals surface area contributed by atoms with Gasteiger partial charge >= 0.3 is 0 Å². The summed E-state index contributed by atoms with van der Waals surface area (Å²) in [5.74, 6) is 0.904. The van der Waals surface area contributed by atoms with Gasteiger partial charge in [0.1, 0.15) is 0 Å². The smallest absolute Gasteiger partial charge is 0.251 e. The van der Waals surface area contributed by atoms with E-state index in [0.29, 0.717) is 23.8 Å². The second kappa shape index (κ2) is 7.96. The van der Waals surface area contributed by atoms with E-state index in [1.165, 1.54) is 0 Å². The zero-order valence-electron chi connectivity index (χ0n) is 15.4. The average Bonchev–Trinajstić information content (AvgIpc) is 2.64. The van der Waals surface area contributed by atoms with Gasteiger partial charge < -0.3 is 10.2 Å². The van der Waals surface area contributed by atoms with E-state index < -0.39 is 0 Å². The molecule has 2 aromatic rings. The van der Waals surface area contributed by atoms with Gasteiger partial charge in [0, 0.05) is 16.5 Å². The SMILES string of the molecule is CC(C)C(C)NC(=O)c1ccc(CN2C(=O)CSc3ccccc32)cc1. The lowest BCUT2D eigenvalue weighted by Crippen LogP contribution is -2.36. The number of anilines is 1. The predicted molar refractivity (Wildman–Crippen MR) is 107 cm³/mol. The van der Waals surface area contributed by atoms with Crippen molar-refractivity contribution in [3.63, 3.8) is 0 Å². The van der Waals surface area contributed by atoms with Crippen molar-refractivity contribution < 1.29 is 9.59 Å². The van der Waals surface area contributed by atoms with Gasteiger partial charge in [0.2, 0.25) is 5.91 Å². The summed E-state index contributed by atoms with van der Waals surface area (Å²) in [6.45, 7) is 6.69. The minimum Gasteiger partial charge on any atom is -0.349 e. The molecule has 1 atom stereocenters. The fourth-order valence-corrected chi connectivity index (χ4v) is 3.66. The van der Waals surface area contributed by atoms with Gasteiger partial charge in [-0.1, -0.05) is 38.1 Å². The van der Waals surface area contributed by atoms with Crippen molar-refractivity contribution in [1.82, 2.24) is 5.32 Å². The number of rotatable bonds is 5. The molecule has 4 nitrogen and oxygen atoms in total. The van der Waals surface area contributed by atoms with E-state index in [1.54, 1.807) is 11.8 Å². The molecule has 0 radical (unpaired) electrons. The molecule has 1 N–H and O–H groups in total. The summed E-state index contributed by atoms with van der Waals surface area (Å²) in [6.07, 6.45) is 0. The third kappa shape index (κ3) is 4.10. The number of fused-ring (bicyclic) bond motifs is 1. The Kier molecular flexibility index (Phi) is 5.67. The van der Waals surface area contributed by atoms with Crippen molar-refractivity contribution in [2.24, 2.45) is 5.92 Å². The number of benzene rings is 2. The first-order chi connectivity index (χ1) is 12.5. The first-order valence-corrected chi connectivity index (χ1v) is 9.86. The van der Waals surface area contributed by atoms with E-state index in [9.17, 15) is 9.59 Å². The van der Waals surface area contributed by atoms with Crippen molar-refractivity contribution in [3.8, 4) is 0 Å². The van der Waals surface area contributed by atoms with Crippen molar-refractivity contribution in [3.05, 3.63) is 59.7 Å². The van der Waals surface area contributed by atoms with Crippen LogP contribution < -0.4 is 10.2 Å². The molecular weight excluding hydrogens is 344 g/mol. The molecule has 0 saturated heterocycles. The number of carbonyl (C=O) groups excluding carboxylic acids is 2. The van der Waals surface area contributed by atoms with Gasteiger partial charge in [-0.05, 0) is 42.7 Å². The Morgan fingerprint density at radius 2 is 1.81 bits per heavy atom. The molecule has 1 aliphatic heterocycles. The van der Waals surface area contributed by atoms with Gasteiger partial charge in [-0.15, -0.1) is 11.8 Å². The summed E-state index contributed by atoms with van der Waals surface area (Å²) in [7, 11) is 0. The van der Waals surface area contributed by atoms with Crippen LogP contribution in [-0.2, 0) is 11.3 Å². The normalized spacial score (nSPS) is 14.9. The van der Waals surface area contributed by atoms with Crippen LogP contribution in [-0.4, -0.2) is 23.6 Å². The lowest BCUT2D eigenvalue weighted by atomic mass is 10.1. The van der Waals surface area contributed by atoms with Crippen molar-refractivity contribution >= 4 is 29.3 Å². The molecule has 1 aliphatic rings. The van der Waals surface area contributed by atoms with E-state index >= 15 is 0 Å². The van der Waals surface area contributed by atoms with Crippen LogP contribution in [0.15, 0.2) is 53.4 Å². The third-order valence-electron chi connectivity index (χ3n) is 4.72. The highest BCUT2D eigenvalue weighted by molar-refractivity contribution is 8.00. The van der Waals surface area contributed by atoms with Gasteiger partial charge in [0.15, 0.2) is 0 Å². The molecule has 2 aromatic carbocycles. The maximum Gasteiger partial charge on any atom is 0.251 e. The molecule has 26 heavy (non-hydrogen) atoms. The van der Waals surface area contributed by atoms with E-state index in [1.807, 2.05) is 60.4 Å². The minimum atomic E-state index is -0.0615. The number of amides is 2. The van der Waals surface area contributed by atoms with E-state index in [2.05, 4.69) is 19.2 Å². The predicted octanol–water partition coefficient (Wildman–Crippen LogP) is 4.10. The summed E-state index contributed by atoms with van der Waals surface area (Å²) in [6, 6.07) is 15.6. The Labute approximate surface area is 159 Å². The standard InChI is InChI=1S/C21H24N2O2S/c1-14(2)15(3)22-21(25)17-10-8-16(9-11-17)12-23-18-6-4-5-7-19(18)26-13-20(23)24/h4-11,14-15H,12-13H2,1-3H3,(H,22,25). The second-order valence-electron chi connectivity index (χ2n) is 6.94. The fraction of sp³-hybridized carbons (Fsp3) is 0.333. The van der Waals surface area contributed by atoms with Crippen molar-refractivity contribution in [2.45, 2.75) is 38.3 Å². The Balaban J connectivity index is 1.72. The molecule has 1 unspecified atom stereocenters. The number of carbonyl (C=O) groups is 2. The number of hydrogen-bond donors (Lipinski definition) is 1. The third-order valence-corrected chi connectivity index (χ3v) is 5.77. The monoisotopic (exact) mass is 368 g/mol. The van der Waals surface area contributed by atoms with Crippen LogP contribution in [0.2, 0.25) is 0 Å². The Morgan fingerprint density at radius 3 is 2.50 bits per heavy atom. The zero-order chi connectivity index (χ0) is 18.7. The second-order valence-corrected chi connectivity index (χ2v) is 7.96. The molecular formula is C21H24N2O2S. The van der Waals surface area contributed by atoms with Crippen molar-refractivity contribution in [2.75, 3.05) is 10.7 Å².